The molecule has 1 rings (SSSR count). The lowest BCUT2D eigenvalue weighted by Crippen LogP contribution is -2.02. The lowest BCUT2D eigenvalue weighted by atomic mass is 10.1. The molecule has 1 aromatic heterocycles. The number of carbonyl (C=O) groups excluding carboxylic acids is 1. The van der Waals surface area contributed by atoms with Crippen molar-refractivity contribution in [3.8, 4) is 0 Å². The number of Topliss-reactive ketones (excluding diaryl/α,β-unsaturated/α-hetero) is 1. The van der Waals surface area contributed by atoms with Crippen LogP contribution in [0.2, 0.25) is 0 Å². The lowest BCUT2D eigenvalue weighted by Gasteiger charge is -1.98. The molecule has 0 amide bonds. The molecule has 0 spiro atoms. The Morgan fingerprint density at radius 2 is 1.75 bits per heavy atom. The Labute approximate surface area is 146 Å². The fourth-order valence-electron chi connectivity index (χ4n) is 1.59. The van der Waals surface area contributed by atoms with Crippen LogP contribution in [0.5, 0.6) is 0 Å². The first kappa shape index (κ1) is 23.6. The number of nitrogens with one attached hydrogen (secondary N) is 1. The van der Waals surface area contributed by atoms with E-state index in [9.17, 15) is 4.79 Å². The quantitative estimate of drug-likeness (QED) is 0.374. The zero-order valence-electron chi connectivity index (χ0n) is 15.6. The number of imidazole rings is 1. The summed E-state index contributed by atoms with van der Waals surface area (Å²) in [5, 5.41) is 0. The number of H-pyrrole nitrogens is 1. The van der Waals surface area contributed by atoms with Crippen LogP contribution in [0, 0.1) is 0 Å². The summed E-state index contributed by atoms with van der Waals surface area (Å²) >= 11 is 0. The first-order valence-corrected chi connectivity index (χ1v) is 8.18. The molecule has 1 heterocycles. The van der Waals surface area contributed by atoms with Gasteiger partial charge in [0, 0.05) is 11.1 Å². The van der Waals surface area contributed by atoms with Crippen molar-refractivity contribution in [2.24, 2.45) is 0 Å². The van der Waals surface area contributed by atoms with Gasteiger partial charge in [-0.2, -0.15) is 0 Å². The van der Waals surface area contributed by atoms with Crippen molar-refractivity contribution < 1.29 is 4.79 Å². The van der Waals surface area contributed by atoms with Gasteiger partial charge in [0.1, 0.15) is 11.5 Å². The maximum absolute atomic E-state index is 12.2. The Kier molecular flexibility index (Phi) is 15.0. The summed E-state index contributed by atoms with van der Waals surface area (Å²) in [6.45, 7) is 20.7. The standard InChI is InChI=1S/C17H18N2O.2C2H6/c1-5-9-11-14(8-4)17-18-12-15(19-17)16(20)13(7-3)10-6-2;2*1-2/h5-12H,1-3H2,4H3,(H,18,19);2*1-2H3/b11-9-,13-10+,14-8+;;. The second-order valence-corrected chi connectivity index (χ2v) is 3.88. The molecular formula is C21H30N2O. The summed E-state index contributed by atoms with van der Waals surface area (Å²) in [5.74, 6) is 0.470. The first-order valence-electron chi connectivity index (χ1n) is 8.18. The fraction of sp³-hybridized carbons (Fsp3) is 0.238. The van der Waals surface area contributed by atoms with E-state index in [1.54, 1.807) is 18.2 Å². The maximum Gasteiger partial charge on any atom is 0.210 e. The van der Waals surface area contributed by atoms with Crippen LogP contribution >= 0.6 is 0 Å². The minimum absolute atomic E-state index is 0.165. The van der Waals surface area contributed by atoms with Crippen LogP contribution in [0.1, 0.15) is 50.9 Å². The SMILES string of the molecule is C=C/C=C\C(=C/C)c1ncc(C(=O)/C(C=C)=C/C=C)[nH]1.CC.CC. The van der Waals surface area contributed by atoms with E-state index < -0.39 is 0 Å². The Bertz CT molecular complexity index is 614. The molecule has 24 heavy (non-hydrogen) atoms. The minimum Gasteiger partial charge on any atom is -0.335 e. The molecule has 3 nitrogen and oxygen atoms in total. The highest BCUT2D eigenvalue weighted by Gasteiger charge is 2.13. The highest BCUT2D eigenvalue weighted by atomic mass is 16.1. The van der Waals surface area contributed by atoms with Gasteiger partial charge in [-0.25, -0.2) is 4.98 Å². The van der Waals surface area contributed by atoms with Crippen molar-refractivity contribution in [1.82, 2.24) is 9.97 Å². The Morgan fingerprint density at radius 1 is 1.12 bits per heavy atom. The summed E-state index contributed by atoms with van der Waals surface area (Å²) in [7, 11) is 0. The smallest absolute Gasteiger partial charge is 0.210 e. The molecule has 0 bridgehead atoms. The van der Waals surface area contributed by atoms with E-state index in [0.29, 0.717) is 17.1 Å². The number of allylic oxidation sites excluding steroid dienone is 9. The van der Waals surface area contributed by atoms with E-state index in [2.05, 4.69) is 29.7 Å². The Balaban J connectivity index is 0. The molecule has 0 aromatic carbocycles. The molecule has 0 aliphatic heterocycles. The third-order valence-corrected chi connectivity index (χ3v) is 2.60. The number of nitrogens with zero attached hydrogens (tertiary/aromatic N) is 1. The van der Waals surface area contributed by atoms with Gasteiger partial charge in [0.25, 0.3) is 0 Å². The van der Waals surface area contributed by atoms with Crippen molar-refractivity contribution >= 4 is 11.4 Å². The monoisotopic (exact) mass is 326 g/mol. The van der Waals surface area contributed by atoms with Gasteiger partial charge in [0.15, 0.2) is 0 Å². The molecule has 0 aliphatic carbocycles. The van der Waals surface area contributed by atoms with Crippen LogP contribution in [-0.4, -0.2) is 15.8 Å². The number of aromatic amines is 1. The van der Waals surface area contributed by atoms with Crippen LogP contribution in [-0.2, 0) is 0 Å². The molecule has 0 aliphatic rings. The lowest BCUT2D eigenvalue weighted by molar-refractivity contribution is 0.103. The zero-order chi connectivity index (χ0) is 19.0. The number of hydrogen-bond donors (Lipinski definition) is 1. The molecule has 1 N–H and O–H groups in total. The minimum atomic E-state index is -0.165. The van der Waals surface area contributed by atoms with Crippen molar-refractivity contribution in [3.63, 3.8) is 0 Å². The number of rotatable bonds is 7. The normalized spacial score (nSPS) is 10.9. The number of carbonyl (C=O) groups is 1. The fourth-order valence-corrected chi connectivity index (χ4v) is 1.59. The van der Waals surface area contributed by atoms with E-state index in [1.807, 2.05) is 52.8 Å². The predicted molar refractivity (Wildman–Crippen MR) is 107 cm³/mol. The molecular weight excluding hydrogens is 296 g/mol. The maximum atomic E-state index is 12.2. The third kappa shape index (κ3) is 7.54. The zero-order valence-corrected chi connectivity index (χ0v) is 15.6. The van der Waals surface area contributed by atoms with Gasteiger partial charge in [-0.1, -0.05) is 90.0 Å². The summed E-state index contributed by atoms with van der Waals surface area (Å²) in [4.78, 5) is 19.4. The summed E-state index contributed by atoms with van der Waals surface area (Å²) in [5.41, 5.74) is 1.77. The topological polar surface area (TPSA) is 45.8 Å². The van der Waals surface area contributed by atoms with Gasteiger partial charge in [0.05, 0.1) is 6.20 Å². The van der Waals surface area contributed by atoms with E-state index in [-0.39, 0.29) is 5.78 Å². The number of hydrogen-bond acceptors (Lipinski definition) is 2. The van der Waals surface area contributed by atoms with Crippen LogP contribution in [0.15, 0.2) is 74.0 Å². The van der Waals surface area contributed by atoms with Gasteiger partial charge < -0.3 is 4.98 Å². The molecule has 3 heteroatoms. The van der Waals surface area contributed by atoms with E-state index in [0.717, 1.165) is 5.57 Å². The van der Waals surface area contributed by atoms with E-state index in [1.165, 1.54) is 12.3 Å². The molecule has 0 saturated carbocycles. The molecule has 130 valence electrons. The van der Waals surface area contributed by atoms with Gasteiger partial charge in [-0.15, -0.1) is 0 Å². The second kappa shape index (κ2) is 15.2. The van der Waals surface area contributed by atoms with Crippen molar-refractivity contribution in [2.75, 3.05) is 0 Å². The van der Waals surface area contributed by atoms with E-state index >= 15 is 0 Å². The average molecular weight is 326 g/mol. The van der Waals surface area contributed by atoms with Crippen molar-refractivity contribution in [3.05, 3.63) is 85.6 Å². The van der Waals surface area contributed by atoms with Crippen LogP contribution < -0.4 is 0 Å². The van der Waals surface area contributed by atoms with Crippen molar-refractivity contribution in [2.45, 2.75) is 34.6 Å². The highest BCUT2D eigenvalue weighted by Crippen LogP contribution is 2.15. The number of aromatic nitrogens is 2. The van der Waals surface area contributed by atoms with E-state index in [4.69, 9.17) is 0 Å². The summed E-state index contributed by atoms with van der Waals surface area (Å²) in [6.07, 6.45) is 13.4. The molecule has 0 unspecified atom stereocenters. The van der Waals surface area contributed by atoms with Gasteiger partial charge >= 0.3 is 0 Å². The van der Waals surface area contributed by atoms with Gasteiger partial charge in [-0.3, -0.25) is 4.79 Å². The summed E-state index contributed by atoms with van der Waals surface area (Å²) in [6, 6.07) is 0. The van der Waals surface area contributed by atoms with Crippen LogP contribution in [0.25, 0.3) is 5.57 Å². The summed E-state index contributed by atoms with van der Waals surface area (Å²) < 4.78 is 0. The first-order chi connectivity index (χ1) is 11.7. The predicted octanol–water partition coefficient (Wildman–Crippen LogP) is 6.09. The Hall–Kier alpha value is -2.68. The van der Waals surface area contributed by atoms with Crippen molar-refractivity contribution in [1.29, 1.82) is 0 Å². The van der Waals surface area contributed by atoms with Crippen LogP contribution in [0.3, 0.4) is 0 Å². The molecule has 0 saturated heterocycles. The number of ketones is 1. The van der Waals surface area contributed by atoms with Crippen LogP contribution in [0.4, 0.5) is 0 Å². The second-order valence-electron chi connectivity index (χ2n) is 3.88. The van der Waals surface area contributed by atoms with Gasteiger partial charge in [-0.05, 0) is 6.92 Å². The molecule has 1 aromatic rings. The molecule has 0 atom stereocenters. The molecule has 0 radical (unpaired) electrons. The average Bonchev–Trinajstić information content (AvgIpc) is 3.13. The Morgan fingerprint density at radius 3 is 2.21 bits per heavy atom. The molecule has 0 fully saturated rings. The third-order valence-electron chi connectivity index (χ3n) is 2.60. The van der Waals surface area contributed by atoms with Gasteiger partial charge in [0.2, 0.25) is 5.78 Å². The highest BCUT2D eigenvalue weighted by molar-refractivity contribution is 6.09. The largest absolute Gasteiger partial charge is 0.335 e.